The largest absolute Gasteiger partial charge is 0.340 e. The van der Waals surface area contributed by atoms with Gasteiger partial charge in [0.15, 0.2) is 5.82 Å². The minimum Gasteiger partial charge on any atom is -0.340 e. The Balaban J connectivity index is 2.08. The minimum atomic E-state index is 0.469. The van der Waals surface area contributed by atoms with Crippen molar-refractivity contribution in [2.24, 2.45) is 0 Å². The fourth-order valence-electron chi connectivity index (χ4n) is 1.86. The monoisotopic (exact) mass is 181 g/mol. The summed E-state index contributed by atoms with van der Waals surface area (Å²) in [5, 5.41) is 3.96. The molecule has 2 rings (SSSR count). The van der Waals surface area contributed by atoms with E-state index in [1.165, 1.54) is 19.4 Å². The summed E-state index contributed by atoms with van der Waals surface area (Å²) in [5.74, 6) is 2.02. The SMILES string of the molecule is Cc1nc([C@@H]2CCCN(C)C2)no1. The van der Waals surface area contributed by atoms with Crippen LogP contribution in [0.4, 0.5) is 0 Å². The predicted octanol–water partition coefficient (Wildman–Crippen LogP) is 1.19. The van der Waals surface area contributed by atoms with E-state index in [1.807, 2.05) is 6.92 Å². The van der Waals surface area contributed by atoms with Crippen molar-refractivity contribution in [2.75, 3.05) is 20.1 Å². The summed E-state index contributed by atoms with van der Waals surface area (Å²) in [6.45, 7) is 4.08. The van der Waals surface area contributed by atoms with Crippen LogP contribution in [0.15, 0.2) is 4.52 Å². The van der Waals surface area contributed by atoms with Gasteiger partial charge in [-0.2, -0.15) is 4.98 Å². The molecule has 1 atom stereocenters. The summed E-state index contributed by atoms with van der Waals surface area (Å²) in [5.41, 5.74) is 0. The number of aromatic nitrogens is 2. The van der Waals surface area contributed by atoms with Crippen molar-refractivity contribution in [3.63, 3.8) is 0 Å². The maximum Gasteiger partial charge on any atom is 0.223 e. The van der Waals surface area contributed by atoms with Gasteiger partial charge in [0.25, 0.3) is 0 Å². The number of hydrogen-bond acceptors (Lipinski definition) is 4. The van der Waals surface area contributed by atoms with Crippen LogP contribution in [0.2, 0.25) is 0 Å². The van der Waals surface area contributed by atoms with Crippen molar-refractivity contribution >= 4 is 0 Å². The highest BCUT2D eigenvalue weighted by atomic mass is 16.5. The highest BCUT2D eigenvalue weighted by Crippen LogP contribution is 2.23. The first-order chi connectivity index (χ1) is 6.25. The molecule has 0 N–H and O–H groups in total. The molecule has 0 aromatic carbocycles. The lowest BCUT2D eigenvalue weighted by atomic mass is 9.98. The average molecular weight is 181 g/mol. The molecule has 4 heteroatoms. The van der Waals surface area contributed by atoms with Gasteiger partial charge in [0, 0.05) is 19.4 Å². The van der Waals surface area contributed by atoms with Crippen molar-refractivity contribution in [3.05, 3.63) is 11.7 Å². The summed E-state index contributed by atoms with van der Waals surface area (Å²) in [6, 6.07) is 0. The molecule has 72 valence electrons. The van der Waals surface area contributed by atoms with Crippen LogP contribution in [-0.2, 0) is 0 Å². The van der Waals surface area contributed by atoms with Gasteiger partial charge in [-0.25, -0.2) is 0 Å². The second-order valence-corrected chi connectivity index (χ2v) is 3.77. The maximum absolute atomic E-state index is 4.97. The maximum atomic E-state index is 4.97. The van der Waals surface area contributed by atoms with Gasteiger partial charge in [0.1, 0.15) is 0 Å². The molecule has 1 aliphatic rings. The summed E-state index contributed by atoms with van der Waals surface area (Å²) in [4.78, 5) is 6.58. The van der Waals surface area contributed by atoms with Crippen LogP contribution in [0.1, 0.15) is 30.5 Å². The number of piperidine rings is 1. The van der Waals surface area contributed by atoms with E-state index in [0.717, 1.165) is 12.4 Å². The molecule has 0 unspecified atom stereocenters. The second kappa shape index (κ2) is 3.46. The van der Waals surface area contributed by atoms with Gasteiger partial charge in [-0.15, -0.1) is 0 Å². The molecule has 0 spiro atoms. The Morgan fingerprint density at radius 3 is 3.00 bits per heavy atom. The first kappa shape index (κ1) is 8.69. The van der Waals surface area contributed by atoms with Crippen LogP contribution in [0.25, 0.3) is 0 Å². The molecule has 1 aromatic rings. The van der Waals surface area contributed by atoms with Crippen LogP contribution in [0.5, 0.6) is 0 Å². The summed E-state index contributed by atoms with van der Waals surface area (Å²) in [6.07, 6.45) is 2.41. The van der Waals surface area contributed by atoms with Crippen molar-refractivity contribution < 1.29 is 4.52 Å². The highest BCUT2D eigenvalue weighted by Gasteiger charge is 2.22. The smallest absolute Gasteiger partial charge is 0.223 e. The summed E-state index contributed by atoms with van der Waals surface area (Å²) < 4.78 is 4.97. The average Bonchev–Trinajstić information content (AvgIpc) is 2.52. The highest BCUT2D eigenvalue weighted by molar-refractivity contribution is 4.97. The van der Waals surface area contributed by atoms with Crippen molar-refractivity contribution in [3.8, 4) is 0 Å². The molecule has 1 saturated heterocycles. The zero-order valence-corrected chi connectivity index (χ0v) is 8.16. The van der Waals surface area contributed by atoms with E-state index in [1.54, 1.807) is 0 Å². The van der Waals surface area contributed by atoms with Gasteiger partial charge in [-0.1, -0.05) is 5.16 Å². The molecule has 1 aliphatic heterocycles. The van der Waals surface area contributed by atoms with Crippen molar-refractivity contribution in [1.82, 2.24) is 15.0 Å². The first-order valence-corrected chi connectivity index (χ1v) is 4.74. The fraction of sp³-hybridized carbons (Fsp3) is 0.778. The molecule has 0 aliphatic carbocycles. The molecule has 0 radical (unpaired) electrons. The van der Waals surface area contributed by atoms with Crippen LogP contribution >= 0.6 is 0 Å². The van der Waals surface area contributed by atoms with E-state index in [9.17, 15) is 0 Å². The first-order valence-electron chi connectivity index (χ1n) is 4.74. The van der Waals surface area contributed by atoms with Crippen LogP contribution in [-0.4, -0.2) is 35.2 Å². The second-order valence-electron chi connectivity index (χ2n) is 3.77. The quantitative estimate of drug-likeness (QED) is 0.652. The predicted molar refractivity (Wildman–Crippen MR) is 48.5 cm³/mol. The Hall–Kier alpha value is -0.900. The number of likely N-dealkylation sites (N-methyl/N-ethyl adjacent to an activating group) is 1. The van der Waals surface area contributed by atoms with Crippen molar-refractivity contribution in [1.29, 1.82) is 0 Å². The topological polar surface area (TPSA) is 42.2 Å². The summed E-state index contributed by atoms with van der Waals surface area (Å²) in [7, 11) is 2.14. The van der Waals surface area contributed by atoms with E-state index < -0.39 is 0 Å². The third-order valence-corrected chi connectivity index (χ3v) is 2.53. The lowest BCUT2D eigenvalue weighted by Crippen LogP contribution is -2.31. The number of rotatable bonds is 1. The molecule has 2 heterocycles. The Labute approximate surface area is 77.9 Å². The van der Waals surface area contributed by atoms with E-state index in [0.29, 0.717) is 11.8 Å². The number of nitrogens with zero attached hydrogens (tertiary/aromatic N) is 3. The summed E-state index contributed by atoms with van der Waals surface area (Å²) >= 11 is 0. The Morgan fingerprint density at radius 1 is 1.54 bits per heavy atom. The normalized spacial score (nSPS) is 24.9. The minimum absolute atomic E-state index is 0.469. The lowest BCUT2D eigenvalue weighted by molar-refractivity contribution is 0.242. The Bertz CT molecular complexity index is 284. The molecule has 13 heavy (non-hydrogen) atoms. The fourth-order valence-corrected chi connectivity index (χ4v) is 1.86. The van der Waals surface area contributed by atoms with Gasteiger partial charge in [-0.3, -0.25) is 0 Å². The molecule has 0 bridgehead atoms. The van der Waals surface area contributed by atoms with Crippen LogP contribution in [0.3, 0.4) is 0 Å². The lowest BCUT2D eigenvalue weighted by Gasteiger charge is -2.27. The van der Waals surface area contributed by atoms with Gasteiger partial charge < -0.3 is 9.42 Å². The number of likely N-dealkylation sites (tertiary alicyclic amines) is 1. The van der Waals surface area contributed by atoms with Crippen LogP contribution in [0, 0.1) is 6.92 Å². The van der Waals surface area contributed by atoms with E-state index in [-0.39, 0.29) is 0 Å². The molecule has 1 fully saturated rings. The zero-order chi connectivity index (χ0) is 9.26. The molecule has 0 amide bonds. The third kappa shape index (κ3) is 1.88. The van der Waals surface area contributed by atoms with E-state index in [2.05, 4.69) is 22.1 Å². The van der Waals surface area contributed by atoms with E-state index in [4.69, 9.17) is 4.52 Å². The molecule has 0 saturated carbocycles. The third-order valence-electron chi connectivity index (χ3n) is 2.53. The Kier molecular flexibility index (Phi) is 2.31. The van der Waals surface area contributed by atoms with Gasteiger partial charge >= 0.3 is 0 Å². The Morgan fingerprint density at radius 2 is 2.38 bits per heavy atom. The molecular weight excluding hydrogens is 166 g/mol. The van der Waals surface area contributed by atoms with Gasteiger partial charge in [-0.05, 0) is 26.4 Å². The van der Waals surface area contributed by atoms with Gasteiger partial charge in [0.05, 0.1) is 0 Å². The number of aryl methyl sites for hydroxylation is 1. The standard InChI is InChI=1S/C9H15N3O/c1-7-10-9(11-13-7)8-4-3-5-12(2)6-8/h8H,3-6H2,1-2H3/t8-/m1/s1. The molecule has 4 nitrogen and oxygen atoms in total. The molecular formula is C9H15N3O. The number of hydrogen-bond donors (Lipinski definition) is 0. The van der Waals surface area contributed by atoms with Crippen molar-refractivity contribution in [2.45, 2.75) is 25.7 Å². The van der Waals surface area contributed by atoms with E-state index >= 15 is 0 Å². The van der Waals surface area contributed by atoms with Crippen LogP contribution < -0.4 is 0 Å². The molecule has 1 aromatic heterocycles. The zero-order valence-electron chi connectivity index (χ0n) is 8.16. The van der Waals surface area contributed by atoms with Gasteiger partial charge in [0.2, 0.25) is 5.89 Å².